The summed E-state index contributed by atoms with van der Waals surface area (Å²) in [5.74, 6) is 2.56. The summed E-state index contributed by atoms with van der Waals surface area (Å²) in [6.45, 7) is 5.03. The van der Waals surface area contributed by atoms with Crippen molar-refractivity contribution in [1.82, 2.24) is 9.62 Å². The van der Waals surface area contributed by atoms with Crippen molar-refractivity contribution >= 4 is 15.9 Å². The first-order valence-corrected chi connectivity index (χ1v) is 12.7. The molecular weight excluding hydrogens is 400 g/mol. The fraction of sp³-hybridized carbons (Fsp3) is 0.696. The van der Waals surface area contributed by atoms with Gasteiger partial charge in [0.15, 0.2) is 0 Å². The van der Waals surface area contributed by atoms with Crippen LogP contribution in [0.4, 0.5) is 0 Å². The summed E-state index contributed by atoms with van der Waals surface area (Å²) in [6, 6.07) is 4.69. The minimum atomic E-state index is -3.72. The first-order valence-electron chi connectivity index (χ1n) is 11.3. The molecule has 166 valence electrons. The molecule has 0 unspecified atom stereocenters. The summed E-state index contributed by atoms with van der Waals surface area (Å²) in [7, 11) is -2.28. The van der Waals surface area contributed by atoms with Gasteiger partial charge in [-0.3, -0.25) is 4.79 Å². The number of methoxy groups -OCH3 is 1. The van der Waals surface area contributed by atoms with Gasteiger partial charge in [-0.15, -0.1) is 0 Å². The molecule has 4 saturated carbocycles. The SMILES string of the molecule is CCN(CC)S(=O)(=O)c1cc(C(=O)NCC23CC4CC(CC(C4)C2)C3)ccc1OC. The number of carbonyl (C=O) groups is 1. The van der Waals surface area contributed by atoms with Gasteiger partial charge in [0, 0.05) is 25.2 Å². The number of sulfonamides is 1. The van der Waals surface area contributed by atoms with E-state index in [4.69, 9.17) is 4.74 Å². The summed E-state index contributed by atoms with van der Waals surface area (Å²) >= 11 is 0. The highest BCUT2D eigenvalue weighted by Crippen LogP contribution is 2.59. The number of hydrogen-bond acceptors (Lipinski definition) is 4. The van der Waals surface area contributed by atoms with Crippen LogP contribution >= 0.6 is 0 Å². The van der Waals surface area contributed by atoms with Crippen LogP contribution in [0.15, 0.2) is 23.1 Å². The van der Waals surface area contributed by atoms with E-state index in [0.717, 1.165) is 17.8 Å². The van der Waals surface area contributed by atoms with Gasteiger partial charge in [-0.05, 0) is 79.9 Å². The van der Waals surface area contributed by atoms with Crippen LogP contribution in [0.5, 0.6) is 5.75 Å². The van der Waals surface area contributed by atoms with Crippen molar-refractivity contribution in [3.05, 3.63) is 23.8 Å². The second-order valence-electron chi connectivity index (χ2n) is 9.56. The van der Waals surface area contributed by atoms with E-state index in [1.807, 2.05) is 0 Å². The Balaban J connectivity index is 1.52. The lowest BCUT2D eigenvalue weighted by atomic mass is 9.49. The van der Waals surface area contributed by atoms with Gasteiger partial charge in [0.05, 0.1) is 7.11 Å². The lowest BCUT2D eigenvalue weighted by Crippen LogP contribution is -2.51. The number of amides is 1. The molecule has 1 aromatic rings. The van der Waals surface area contributed by atoms with E-state index in [-0.39, 0.29) is 22.0 Å². The molecule has 0 heterocycles. The van der Waals surface area contributed by atoms with Crippen molar-refractivity contribution in [2.24, 2.45) is 23.2 Å². The Morgan fingerprint density at radius 2 is 1.67 bits per heavy atom. The van der Waals surface area contributed by atoms with Crippen LogP contribution in [-0.4, -0.2) is 45.4 Å². The van der Waals surface area contributed by atoms with Gasteiger partial charge in [0.2, 0.25) is 10.0 Å². The molecule has 4 fully saturated rings. The molecule has 1 N–H and O–H groups in total. The van der Waals surface area contributed by atoms with Crippen molar-refractivity contribution in [1.29, 1.82) is 0 Å². The topological polar surface area (TPSA) is 75.7 Å². The van der Waals surface area contributed by atoms with Crippen LogP contribution in [0.1, 0.15) is 62.7 Å². The van der Waals surface area contributed by atoms with E-state index in [0.29, 0.717) is 25.2 Å². The number of benzene rings is 1. The Morgan fingerprint density at radius 1 is 1.10 bits per heavy atom. The number of nitrogens with one attached hydrogen (secondary N) is 1. The number of carbonyl (C=O) groups excluding carboxylic acids is 1. The molecule has 0 radical (unpaired) electrons. The first kappa shape index (κ1) is 21.6. The van der Waals surface area contributed by atoms with Gasteiger partial charge in [-0.1, -0.05) is 13.8 Å². The molecule has 0 atom stereocenters. The first-order chi connectivity index (χ1) is 14.3. The number of rotatable bonds is 8. The minimum Gasteiger partial charge on any atom is -0.495 e. The van der Waals surface area contributed by atoms with Gasteiger partial charge in [0.1, 0.15) is 10.6 Å². The van der Waals surface area contributed by atoms with Gasteiger partial charge < -0.3 is 10.1 Å². The maximum atomic E-state index is 13.1. The lowest BCUT2D eigenvalue weighted by Gasteiger charge is -2.56. The predicted molar refractivity (Wildman–Crippen MR) is 116 cm³/mol. The Morgan fingerprint density at radius 3 is 2.17 bits per heavy atom. The molecule has 6 nitrogen and oxygen atoms in total. The van der Waals surface area contributed by atoms with Gasteiger partial charge >= 0.3 is 0 Å². The predicted octanol–water partition coefficient (Wildman–Crippen LogP) is 3.67. The summed E-state index contributed by atoms with van der Waals surface area (Å²) in [6.07, 6.45) is 7.80. The highest BCUT2D eigenvalue weighted by molar-refractivity contribution is 7.89. The molecule has 5 rings (SSSR count). The molecule has 1 aromatic carbocycles. The smallest absolute Gasteiger partial charge is 0.251 e. The molecule has 4 aliphatic carbocycles. The normalized spacial score (nSPS) is 29.9. The fourth-order valence-electron chi connectivity index (χ4n) is 6.60. The molecule has 0 spiro atoms. The van der Waals surface area contributed by atoms with Crippen molar-refractivity contribution < 1.29 is 17.9 Å². The van der Waals surface area contributed by atoms with Crippen LogP contribution in [0.3, 0.4) is 0 Å². The van der Waals surface area contributed by atoms with Crippen LogP contribution in [0, 0.1) is 23.2 Å². The number of ether oxygens (including phenoxy) is 1. The minimum absolute atomic E-state index is 0.0520. The summed E-state index contributed by atoms with van der Waals surface area (Å²) in [5.41, 5.74) is 0.610. The Labute approximate surface area is 180 Å². The van der Waals surface area contributed by atoms with Gasteiger partial charge in [0.25, 0.3) is 5.91 Å². The van der Waals surface area contributed by atoms with Crippen molar-refractivity contribution in [3.8, 4) is 5.75 Å². The lowest BCUT2D eigenvalue weighted by molar-refractivity contribution is -0.0503. The van der Waals surface area contributed by atoms with Crippen LogP contribution in [0.2, 0.25) is 0 Å². The highest BCUT2D eigenvalue weighted by Gasteiger charge is 2.50. The van der Waals surface area contributed by atoms with Crippen LogP contribution < -0.4 is 10.1 Å². The van der Waals surface area contributed by atoms with Crippen molar-refractivity contribution in [3.63, 3.8) is 0 Å². The van der Waals surface area contributed by atoms with Crippen LogP contribution in [-0.2, 0) is 10.0 Å². The van der Waals surface area contributed by atoms with Crippen molar-refractivity contribution in [2.75, 3.05) is 26.7 Å². The molecular formula is C23H34N2O4S. The van der Waals surface area contributed by atoms with E-state index >= 15 is 0 Å². The van der Waals surface area contributed by atoms with E-state index < -0.39 is 10.0 Å². The van der Waals surface area contributed by atoms with Crippen LogP contribution in [0.25, 0.3) is 0 Å². The third-order valence-electron chi connectivity index (χ3n) is 7.54. The van der Waals surface area contributed by atoms with E-state index in [9.17, 15) is 13.2 Å². The molecule has 4 bridgehead atoms. The number of nitrogens with zero attached hydrogens (tertiary/aromatic N) is 1. The summed E-state index contributed by atoms with van der Waals surface area (Å²) < 4.78 is 32.8. The second kappa shape index (κ2) is 8.15. The largest absolute Gasteiger partial charge is 0.495 e. The molecule has 4 aliphatic rings. The Bertz CT molecular complexity index is 872. The average molecular weight is 435 g/mol. The standard InChI is InChI=1S/C23H34N2O4S/c1-4-25(5-2)30(27,28)21-11-19(6-7-20(21)29-3)22(26)24-15-23-12-16-8-17(13-23)10-18(9-16)14-23/h6-7,11,16-18H,4-5,8-10,12-15H2,1-3H3,(H,24,26). The van der Waals surface area contributed by atoms with E-state index in [2.05, 4.69) is 5.32 Å². The van der Waals surface area contributed by atoms with Gasteiger partial charge in [-0.25, -0.2) is 8.42 Å². The highest BCUT2D eigenvalue weighted by atomic mass is 32.2. The third-order valence-corrected chi connectivity index (χ3v) is 9.61. The Kier molecular flexibility index (Phi) is 5.88. The molecule has 1 amide bonds. The molecule has 30 heavy (non-hydrogen) atoms. The van der Waals surface area contributed by atoms with Crippen molar-refractivity contribution in [2.45, 2.75) is 57.3 Å². The number of hydrogen-bond donors (Lipinski definition) is 1. The Hall–Kier alpha value is -1.60. The zero-order valence-corrected chi connectivity index (χ0v) is 19.1. The molecule has 0 aliphatic heterocycles. The summed E-state index contributed by atoms with van der Waals surface area (Å²) in [4.78, 5) is 13.0. The van der Waals surface area contributed by atoms with E-state index in [1.165, 1.54) is 56.0 Å². The monoisotopic (exact) mass is 434 g/mol. The van der Waals surface area contributed by atoms with Gasteiger partial charge in [-0.2, -0.15) is 4.31 Å². The molecule has 0 saturated heterocycles. The van der Waals surface area contributed by atoms with E-state index in [1.54, 1.807) is 26.0 Å². The third kappa shape index (κ3) is 3.86. The molecule has 0 aromatic heterocycles. The maximum absolute atomic E-state index is 13.1. The quantitative estimate of drug-likeness (QED) is 0.677. The second-order valence-corrected chi connectivity index (χ2v) is 11.5. The molecule has 7 heteroatoms. The zero-order chi connectivity index (χ0) is 21.5. The zero-order valence-electron chi connectivity index (χ0n) is 18.3. The fourth-order valence-corrected chi connectivity index (χ4v) is 8.24. The maximum Gasteiger partial charge on any atom is 0.251 e. The summed E-state index contributed by atoms with van der Waals surface area (Å²) in [5, 5.41) is 3.14. The average Bonchev–Trinajstić information content (AvgIpc) is 2.71.